The molecule has 0 saturated heterocycles. The van der Waals surface area contributed by atoms with Crippen molar-refractivity contribution in [2.45, 2.75) is 38.6 Å². The molecule has 2 rings (SSSR count). The molecule has 2 unspecified atom stereocenters. The molecule has 1 aromatic carbocycles. The summed E-state index contributed by atoms with van der Waals surface area (Å²) in [6.07, 6.45) is 4.28. The number of halogens is 1. The van der Waals surface area contributed by atoms with Crippen molar-refractivity contribution in [3.63, 3.8) is 0 Å². The van der Waals surface area contributed by atoms with Gasteiger partial charge in [0, 0.05) is 12.6 Å². The number of hydrogen-bond acceptors (Lipinski definition) is 4. The molecule has 0 aromatic heterocycles. The fraction of sp³-hybridized carbons (Fsp3) is 0.600. The predicted octanol–water partition coefficient (Wildman–Crippen LogP) is 3.08. The molecule has 1 aromatic rings. The Morgan fingerprint density at radius 1 is 1.43 bits per heavy atom. The minimum Gasteiger partial charge on any atom is -0.363 e. The summed E-state index contributed by atoms with van der Waals surface area (Å²) in [7, 11) is 0. The second-order valence-corrected chi connectivity index (χ2v) is 5.52. The van der Waals surface area contributed by atoms with Gasteiger partial charge in [0.1, 0.15) is 11.5 Å². The highest BCUT2D eigenvalue weighted by molar-refractivity contribution is 5.64. The van der Waals surface area contributed by atoms with Gasteiger partial charge in [-0.15, -0.1) is 0 Å². The molecule has 1 fully saturated rings. The van der Waals surface area contributed by atoms with Gasteiger partial charge in [0.05, 0.1) is 11.0 Å². The molecule has 0 bridgehead atoms. The second-order valence-electron chi connectivity index (χ2n) is 5.52. The Hall–Kier alpha value is -1.69. The number of nitro benzene ring substituents is 1. The number of nitrogens with two attached hydrogens (primary N) is 1. The van der Waals surface area contributed by atoms with Crippen LogP contribution in [-0.4, -0.2) is 24.1 Å². The topological polar surface area (TPSA) is 72.4 Å². The van der Waals surface area contributed by atoms with Gasteiger partial charge < -0.3 is 10.6 Å². The SMILES string of the molecule is CCN(c1ccc(F)cc1[N+](=O)[O-])C1CCCCC1CN. The number of benzene rings is 1. The molecule has 6 heteroatoms. The zero-order chi connectivity index (χ0) is 15.4. The number of hydrogen-bond donors (Lipinski definition) is 1. The number of nitrogens with zero attached hydrogens (tertiary/aromatic N) is 2. The van der Waals surface area contributed by atoms with E-state index in [1.807, 2.05) is 11.8 Å². The number of anilines is 1. The number of rotatable bonds is 5. The minimum absolute atomic E-state index is 0.168. The van der Waals surface area contributed by atoms with Crippen molar-refractivity contribution < 1.29 is 9.31 Å². The van der Waals surface area contributed by atoms with E-state index in [1.54, 1.807) is 0 Å². The largest absolute Gasteiger partial charge is 0.363 e. The molecule has 21 heavy (non-hydrogen) atoms. The highest BCUT2D eigenvalue weighted by atomic mass is 19.1. The highest BCUT2D eigenvalue weighted by Crippen LogP contribution is 2.36. The fourth-order valence-corrected chi connectivity index (χ4v) is 3.34. The molecule has 116 valence electrons. The van der Waals surface area contributed by atoms with Crippen LogP contribution in [-0.2, 0) is 0 Å². The average Bonchev–Trinajstić information content (AvgIpc) is 2.49. The van der Waals surface area contributed by atoms with E-state index >= 15 is 0 Å². The summed E-state index contributed by atoms with van der Waals surface area (Å²) < 4.78 is 13.3. The van der Waals surface area contributed by atoms with E-state index in [-0.39, 0.29) is 11.7 Å². The lowest BCUT2D eigenvalue weighted by Crippen LogP contribution is -2.45. The minimum atomic E-state index is -0.583. The van der Waals surface area contributed by atoms with E-state index in [1.165, 1.54) is 12.1 Å². The Kier molecular flexibility index (Phi) is 5.12. The van der Waals surface area contributed by atoms with E-state index in [4.69, 9.17) is 5.73 Å². The molecule has 1 saturated carbocycles. The summed E-state index contributed by atoms with van der Waals surface area (Å²) in [6, 6.07) is 3.99. The summed E-state index contributed by atoms with van der Waals surface area (Å²) in [5.74, 6) is -0.246. The standard InChI is InChI=1S/C15H22FN3O2/c1-2-18(13-6-4-3-5-11(13)10-17)14-8-7-12(16)9-15(14)19(20)21/h7-9,11,13H,2-6,10,17H2,1H3. The fourth-order valence-electron chi connectivity index (χ4n) is 3.34. The smallest absolute Gasteiger partial charge is 0.295 e. The van der Waals surface area contributed by atoms with Crippen LogP contribution in [0.15, 0.2) is 18.2 Å². The molecule has 0 spiro atoms. The van der Waals surface area contributed by atoms with Crippen molar-refractivity contribution in [1.82, 2.24) is 0 Å². The zero-order valence-electron chi connectivity index (χ0n) is 12.3. The first kappa shape index (κ1) is 15.7. The van der Waals surface area contributed by atoms with Crippen molar-refractivity contribution in [1.29, 1.82) is 0 Å². The first-order chi connectivity index (χ1) is 10.1. The highest BCUT2D eigenvalue weighted by Gasteiger charge is 2.31. The lowest BCUT2D eigenvalue weighted by atomic mass is 9.83. The van der Waals surface area contributed by atoms with Gasteiger partial charge in [0.2, 0.25) is 0 Å². The van der Waals surface area contributed by atoms with Gasteiger partial charge >= 0.3 is 0 Å². The van der Waals surface area contributed by atoms with Crippen LogP contribution in [0.2, 0.25) is 0 Å². The zero-order valence-corrected chi connectivity index (χ0v) is 12.3. The molecular formula is C15H22FN3O2. The molecule has 1 aliphatic rings. The molecule has 0 heterocycles. The third kappa shape index (κ3) is 3.32. The van der Waals surface area contributed by atoms with Crippen molar-refractivity contribution in [3.8, 4) is 0 Å². The average molecular weight is 295 g/mol. The predicted molar refractivity (Wildman–Crippen MR) is 80.9 cm³/mol. The Labute approximate surface area is 124 Å². The van der Waals surface area contributed by atoms with Crippen molar-refractivity contribution in [2.75, 3.05) is 18.0 Å². The lowest BCUT2D eigenvalue weighted by molar-refractivity contribution is -0.384. The van der Waals surface area contributed by atoms with Crippen LogP contribution in [0.1, 0.15) is 32.6 Å². The van der Waals surface area contributed by atoms with Crippen LogP contribution in [0.4, 0.5) is 15.8 Å². The van der Waals surface area contributed by atoms with Crippen LogP contribution in [0, 0.1) is 21.8 Å². The third-order valence-electron chi connectivity index (χ3n) is 4.36. The monoisotopic (exact) mass is 295 g/mol. The first-order valence-electron chi connectivity index (χ1n) is 7.49. The normalized spacial score (nSPS) is 22.0. The van der Waals surface area contributed by atoms with Gasteiger partial charge in [-0.1, -0.05) is 12.8 Å². The molecule has 0 amide bonds. The molecule has 2 N–H and O–H groups in total. The molecule has 0 radical (unpaired) electrons. The Bertz CT molecular complexity index is 510. The third-order valence-corrected chi connectivity index (χ3v) is 4.36. The van der Waals surface area contributed by atoms with Gasteiger partial charge in [-0.3, -0.25) is 10.1 Å². The van der Waals surface area contributed by atoms with Crippen LogP contribution >= 0.6 is 0 Å². The number of nitro groups is 1. The van der Waals surface area contributed by atoms with Crippen LogP contribution in [0.3, 0.4) is 0 Å². The maximum atomic E-state index is 13.3. The van der Waals surface area contributed by atoms with Crippen LogP contribution in [0.25, 0.3) is 0 Å². The second kappa shape index (κ2) is 6.85. The van der Waals surface area contributed by atoms with Gasteiger partial charge in [0.15, 0.2) is 0 Å². The van der Waals surface area contributed by atoms with Gasteiger partial charge in [-0.2, -0.15) is 0 Å². The Balaban J connectivity index is 2.38. The molecule has 0 aliphatic heterocycles. The maximum Gasteiger partial charge on any atom is 0.295 e. The van der Waals surface area contributed by atoms with Crippen LogP contribution < -0.4 is 10.6 Å². The molecule has 1 aliphatic carbocycles. The van der Waals surface area contributed by atoms with Crippen molar-refractivity contribution in [2.24, 2.45) is 11.7 Å². The van der Waals surface area contributed by atoms with Gasteiger partial charge in [-0.05, 0) is 44.4 Å². The molecular weight excluding hydrogens is 273 g/mol. The van der Waals surface area contributed by atoms with E-state index in [9.17, 15) is 14.5 Å². The van der Waals surface area contributed by atoms with E-state index in [0.29, 0.717) is 24.7 Å². The van der Waals surface area contributed by atoms with Gasteiger partial charge in [-0.25, -0.2) is 4.39 Å². The summed E-state index contributed by atoms with van der Waals surface area (Å²) >= 11 is 0. The van der Waals surface area contributed by atoms with Crippen molar-refractivity contribution >= 4 is 11.4 Å². The summed E-state index contributed by atoms with van der Waals surface area (Å²) in [4.78, 5) is 12.7. The molecule has 2 atom stereocenters. The van der Waals surface area contributed by atoms with Gasteiger partial charge in [0.25, 0.3) is 5.69 Å². The lowest BCUT2D eigenvalue weighted by Gasteiger charge is -2.40. The van der Waals surface area contributed by atoms with Crippen molar-refractivity contribution in [3.05, 3.63) is 34.1 Å². The summed E-state index contributed by atoms with van der Waals surface area (Å²) in [5.41, 5.74) is 6.19. The quantitative estimate of drug-likeness (QED) is 0.669. The first-order valence-corrected chi connectivity index (χ1v) is 7.49. The molecule has 5 nitrogen and oxygen atoms in total. The Morgan fingerprint density at radius 2 is 2.14 bits per heavy atom. The van der Waals surface area contributed by atoms with Crippen LogP contribution in [0.5, 0.6) is 0 Å². The summed E-state index contributed by atoms with van der Waals surface area (Å²) in [5, 5.41) is 11.2. The van der Waals surface area contributed by atoms with E-state index in [0.717, 1.165) is 31.7 Å². The van der Waals surface area contributed by atoms with E-state index < -0.39 is 10.7 Å². The maximum absolute atomic E-state index is 13.3. The summed E-state index contributed by atoms with van der Waals surface area (Å²) in [6.45, 7) is 3.19. The Morgan fingerprint density at radius 3 is 2.76 bits per heavy atom. The van der Waals surface area contributed by atoms with E-state index in [2.05, 4.69) is 0 Å².